The molecular formula is C10H13F3N6. The molecule has 0 fully saturated rings. The Bertz CT molecular complexity index is 564. The molecule has 0 saturated heterocycles. The van der Waals surface area contributed by atoms with Crippen LogP contribution in [-0.2, 0) is 6.18 Å². The molecule has 0 aliphatic carbocycles. The Morgan fingerprint density at radius 3 is 2.68 bits per heavy atom. The fourth-order valence-electron chi connectivity index (χ4n) is 1.60. The van der Waals surface area contributed by atoms with E-state index in [0.717, 1.165) is 6.42 Å². The molecule has 0 aliphatic heterocycles. The van der Waals surface area contributed by atoms with Gasteiger partial charge in [-0.1, -0.05) is 0 Å². The second-order valence-electron chi connectivity index (χ2n) is 4.05. The molecule has 2 rings (SSSR count). The van der Waals surface area contributed by atoms with Gasteiger partial charge in [-0.05, 0) is 25.1 Å². The quantitative estimate of drug-likeness (QED) is 0.898. The zero-order valence-electron chi connectivity index (χ0n) is 10.2. The average molecular weight is 274 g/mol. The fourth-order valence-corrected chi connectivity index (χ4v) is 1.60. The van der Waals surface area contributed by atoms with E-state index in [1.807, 2.05) is 0 Å². The zero-order chi connectivity index (χ0) is 14.0. The maximum Gasteiger partial charge on any atom is 0.453 e. The van der Waals surface area contributed by atoms with Crippen LogP contribution < -0.4 is 10.6 Å². The van der Waals surface area contributed by atoms with E-state index in [0.29, 0.717) is 23.4 Å². The van der Waals surface area contributed by atoms with Gasteiger partial charge >= 0.3 is 6.18 Å². The molecule has 0 radical (unpaired) electrons. The molecular weight excluding hydrogens is 261 g/mol. The van der Waals surface area contributed by atoms with E-state index < -0.39 is 12.0 Å². The monoisotopic (exact) mass is 274 g/mol. The van der Waals surface area contributed by atoms with Crippen molar-refractivity contribution in [2.45, 2.75) is 12.6 Å². The van der Waals surface area contributed by atoms with Crippen molar-refractivity contribution in [3.8, 4) is 0 Å². The van der Waals surface area contributed by atoms with Crippen LogP contribution in [0.3, 0.4) is 0 Å². The molecule has 0 saturated carbocycles. The van der Waals surface area contributed by atoms with E-state index in [1.165, 1.54) is 6.07 Å². The predicted octanol–water partition coefficient (Wildman–Crippen LogP) is 0.928. The highest BCUT2D eigenvalue weighted by Crippen LogP contribution is 2.27. The first-order valence-electron chi connectivity index (χ1n) is 5.64. The zero-order valence-corrected chi connectivity index (χ0v) is 10.2. The topological polar surface area (TPSA) is 72.3 Å². The summed E-state index contributed by atoms with van der Waals surface area (Å²) in [6.07, 6.45) is -3.86. The van der Waals surface area contributed by atoms with Gasteiger partial charge in [0.25, 0.3) is 5.82 Å². The third-order valence-corrected chi connectivity index (χ3v) is 2.59. The molecule has 0 bridgehead atoms. The third kappa shape index (κ3) is 2.75. The average Bonchev–Trinajstić information content (AvgIpc) is 2.78. The minimum Gasteiger partial charge on any atom is -0.358 e. The van der Waals surface area contributed by atoms with Crippen molar-refractivity contribution in [3.05, 3.63) is 18.0 Å². The number of anilines is 1. The fraction of sp³-hybridized carbons (Fsp3) is 0.500. The van der Waals surface area contributed by atoms with Gasteiger partial charge in [0, 0.05) is 13.6 Å². The number of halogens is 3. The van der Waals surface area contributed by atoms with Crippen molar-refractivity contribution in [1.82, 2.24) is 19.8 Å². The first kappa shape index (κ1) is 13.5. The van der Waals surface area contributed by atoms with Gasteiger partial charge in [0.05, 0.1) is 0 Å². The molecule has 2 aromatic heterocycles. The van der Waals surface area contributed by atoms with E-state index in [9.17, 15) is 13.2 Å². The number of nitrogens with zero attached hydrogens (tertiary/aromatic N) is 5. The highest BCUT2D eigenvalue weighted by Gasteiger charge is 2.37. The second-order valence-corrected chi connectivity index (χ2v) is 4.05. The predicted molar refractivity (Wildman–Crippen MR) is 62.7 cm³/mol. The molecule has 0 amide bonds. The van der Waals surface area contributed by atoms with Crippen molar-refractivity contribution < 1.29 is 13.2 Å². The maximum absolute atomic E-state index is 12.7. The minimum atomic E-state index is -4.58. The molecule has 9 heteroatoms. The van der Waals surface area contributed by atoms with Crippen molar-refractivity contribution in [2.75, 3.05) is 25.0 Å². The summed E-state index contributed by atoms with van der Waals surface area (Å²) in [6, 6.07) is 3.05. The van der Waals surface area contributed by atoms with Crippen LogP contribution in [0.15, 0.2) is 12.1 Å². The van der Waals surface area contributed by atoms with E-state index in [4.69, 9.17) is 5.73 Å². The summed E-state index contributed by atoms with van der Waals surface area (Å²) >= 11 is 0. The van der Waals surface area contributed by atoms with Crippen LogP contribution in [0.2, 0.25) is 0 Å². The SMILES string of the molecule is CN(CCCN)c1ccc2nnc(C(F)(F)F)n2n1. The molecule has 0 atom stereocenters. The van der Waals surface area contributed by atoms with Gasteiger partial charge in [-0.15, -0.1) is 15.3 Å². The van der Waals surface area contributed by atoms with Crippen LogP contribution in [0, 0.1) is 0 Å². The van der Waals surface area contributed by atoms with E-state index in [1.54, 1.807) is 18.0 Å². The number of alkyl halides is 3. The first-order chi connectivity index (χ1) is 8.93. The Kier molecular flexibility index (Phi) is 3.56. The highest BCUT2D eigenvalue weighted by atomic mass is 19.4. The van der Waals surface area contributed by atoms with Gasteiger partial charge in [-0.25, -0.2) is 0 Å². The van der Waals surface area contributed by atoms with Crippen LogP contribution in [-0.4, -0.2) is 39.9 Å². The number of hydrogen-bond acceptors (Lipinski definition) is 5. The molecule has 6 nitrogen and oxygen atoms in total. The van der Waals surface area contributed by atoms with Crippen molar-refractivity contribution in [2.24, 2.45) is 5.73 Å². The number of aromatic nitrogens is 4. The molecule has 2 heterocycles. The summed E-state index contributed by atoms with van der Waals surface area (Å²) < 4.78 is 38.8. The van der Waals surface area contributed by atoms with Gasteiger partial charge in [-0.2, -0.15) is 17.7 Å². The summed E-state index contributed by atoms with van der Waals surface area (Å²) in [7, 11) is 1.74. The largest absolute Gasteiger partial charge is 0.453 e. The van der Waals surface area contributed by atoms with Crippen LogP contribution in [0.1, 0.15) is 12.2 Å². The third-order valence-electron chi connectivity index (χ3n) is 2.59. The van der Waals surface area contributed by atoms with Crippen LogP contribution >= 0.6 is 0 Å². The molecule has 0 aromatic carbocycles. The minimum absolute atomic E-state index is 0.0586. The Hall–Kier alpha value is -1.90. The molecule has 104 valence electrons. The second kappa shape index (κ2) is 5.00. The molecule has 2 N–H and O–H groups in total. The standard InChI is InChI=1S/C10H13F3N6/c1-18(6-2-5-14)8-4-3-7-15-16-9(10(11,12)13)19(7)17-8/h3-4H,2,5-6,14H2,1H3. The summed E-state index contributed by atoms with van der Waals surface area (Å²) in [5.74, 6) is -0.720. The van der Waals surface area contributed by atoms with Gasteiger partial charge in [0.15, 0.2) is 5.65 Å². The summed E-state index contributed by atoms with van der Waals surface area (Å²) in [4.78, 5) is 1.73. The van der Waals surface area contributed by atoms with E-state index in [-0.39, 0.29) is 5.65 Å². The smallest absolute Gasteiger partial charge is 0.358 e. The Balaban J connectivity index is 2.38. The number of hydrogen-bond donors (Lipinski definition) is 1. The highest BCUT2D eigenvalue weighted by molar-refractivity contribution is 5.45. The summed E-state index contributed by atoms with van der Waals surface area (Å²) in [5.41, 5.74) is 5.45. The lowest BCUT2D eigenvalue weighted by Gasteiger charge is -2.17. The van der Waals surface area contributed by atoms with Crippen LogP contribution in [0.25, 0.3) is 5.65 Å². The van der Waals surface area contributed by atoms with Crippen LogP contribution in [0.4, 0.5) is 19.0 Å². The summed E-state index contributed by atoms with van der Waals surface area (Å²) in [6.45, 7) is 1.12. The van der Waals surface area contributed by atoms with E-state index >= 15 is 0 Å². The van der Waals surface area contributed by atoms with Crippen LogP contribution in [0.5, 0.6) is 0 Å². The number of rotatable bonds is 4. The lowest BCUT2D eigenvalue weighted by Crippen LogP contribution is -2.23. The Morgan fingerprint density at radius 2 is 2.05 bits per heavy atom. The van der Waals surface area contributed by atoms with Crippen molar-refractivity contribution >= 4 is 11.5 Å². The van der Waals surface area contributed by atoms with E-state index in [2.05, 4.69) is 15.3 Å². The molecule has 0 aliphatic rings. The molecule has 0 spiro atoms. The van der Waals surface area contributed by atoms with Gasteiger partial charge in [-0.3, -0.25) is 0 Å². The first-order valence-corrected chi connectivity index (χ1v) is 5.64. The van der Waals surface area contributed by atoms with Gasteiger partial charge < -0.3 is 10.6 Å². The molecule has 19 heavy (non-hydrogen) atoms. The number of fused-ring (bicyclic) bond motifs is 1. The molecule has 0 unspecified atom stereocenters. The normalized spacial score (nSPS) is 12.1. The van der Waals surface area contributed by atoms with Gasteiger partial charge in [0.1, 0.15) is 5.82 Å². The maximum atomic E-state index is 12.7. The van der Waals surface area contributed by atoms with Crippen molar-refractivity contribution in [1.29, 1.82) is 0 Å². The lowest BCUT2D eigenvalue weighted by atomic mass is 10.4. The number of nitrogens with two attached hydrogens (primary N) is 1. The Labute approximate surface area is 107 Å². The van der Waals surface area contributed by atoms with Gasteiger partial charge in [0.2, 0.25) is 0 Å². The Morgan fingerprint density at radius 1 is 1.32 bits per heavy atom. The molecule has 2 aromatic rings. The van der Waals surface area contributed by atoms with Crippen molar-refractivity contribution in [3.63, 3.8) is 0 Å². The summed E-state index contributed by atoms with van der Waals surface area (Å²) in [5, 5.41) is 10.5. The lowest BCUT2D eigenvalue weighted by molar-refractivity contribution is -0.146.